The third-order valence-corrected chi connectivity index (χ3v) is 8.37. The van der Waals surface area contributed by atoms with Gasteiger partial charge in [0.25, 0.3) is 10.0 Å². The molecule has 0 aliphatic heterocycles. The second kappa shape index (κ2) is 10.7. The van der Waals surface area contributed by atoms with Crippen molar-refractivity contribution in [2.24, 2.45) is 0 Å². The Balaban J connectivity index is 1.86. The smallest absolute Gasteiger partial charge is 0.264 e. The Bertz CT molecular complexity index is 1410. The van der Waals surface area contributed by atoms with Gasteiger partial charge in [-0.3, -0.25) is 9.10 Å². The van der Waals surface area contributed by atoms with Gasteiger partial charge in [0.15, 0.2) is 9.84 Å². The van der Waals surface area contributed by atoms with Crippen molar-refractivity contribution in [2.45, 2.75) is 22.8 Å². The first-order valence-corrected chi connectivity index (χ1v) is 14.1. The lowest BCUT2D eigenvalue weighted by molar-refractivity contribution is -0.120. The Labute approximate surface area is 210 Å². The van der Waals surface area contributed by atoms with Crippen LogP contribution in [-0.2, 0) is 24.7 Å². The fraction of sp³-hybridized carbons (Fsp3) is 0.208. The molecule has 0 aromatic heterocycles. The highest BCUT2D eigenvalue weighted by Crippen LogP contribution is 2.27. The van der Waals surface area contributed by atoms with E-state index < -0.39 is 38.4 Å². The maximum Gasteiger partial charge on any atom is 0.264 e. The van der Waals surface area contributed by atoms with Crippen molar-refractivity contribution in [2.75, 3.05) is 24.2 Å². The van der Waals surface area contributed by atoms with E-state index in [2.05, 4.69) is 5.32 Å². The average molecular weight is 537 g/mol. The van der Waals surface area contributed by atoms with Crippen LogP contribution in [0.5, 0.6) is 5.75 Å². The van der Waals surface area contributed by atoms with E-state index in [1.807, 2.05) is 0 Å². The summed E-state index contributed by atoms with van der Waals surface area (Å²) < 4.78 is 56.4. The van der Waals surface area contributed by atoms with Gasteiger partial charge in [-0.15, -0.1) is 0 Å². The van der Waals surface area contributed by atoms with Gasteiger partial charge in [-0.1, -0.05) is 29.8 Å². The minimum atomic E-state index is -4.12. The van der Waals surface area contributed by atoms with E-state index in [1.54, 1.807) is 37.3 Å². The quantitative estimate of drug-likeness (QED) is 0.445. The maximum atomic E-state index is 13.5. The van der Waals surface area contributed by atoms with Crippen LogP contribution in [-0.4, -0.2) is 42.7 Å². The van der Waals surface area contributed by atoms with Crippen LogP contribution in [0.2, 0.25) is 5.02 Å². The molecule has 186 valence electrons. The molecule has 0 aliphatic rings. The molecule has 0 heterocycles. The van der Waals surface area contributed by atoms with Crippen molar-refractivity contribution < 1.29 is 26.4 Å². The largest absolute Gasteiger partial charge is 0.497 e. The van der Waals surface area contributed by atoms with Crippen LogP contribution in [0.3, 0.4) is 0 Å². The number of hydrogen-bond acceptors (Lipinski definition) is 6. The van der Waals surface area contributed by atoms with E-state index in [1.165, 1.54) is 49.6 Å². The van der Waals surface area contributed by atoms with Gasteiger partial charge in [0, 0.05) is 11.3 Å². The average Bonchev–Trinajstić information content (AvgIpc) is 2.82. The zero-order valence-electron chi connectivity index (χ0n) is 19.3. The molecule has 0 fully saturated rings. The van der Waals surface area contributed by atoms with E-state index in [0.717, 1.165) is 10.6 Å². The second-order valence-corrected chi connectivity index (χ2v) is 12.1. The number of sulfonamides is 1. The molecule has 0 saturated heterocycles. The minimum Gasteiger partial charge on any atom is -0.497 e. The summed E-state index contributed by atoms with van der Waals surface area (Å²) in [7, 11) is -5.99. The number of methoxy groups -OCH3 is 1. The predicted octanol–water partition coefficient (Wildman–Crippen LogP) is 3.82. The number of hydrogen-bond donors (Lipinski definition) is 1. The monoisotopic (exact) mass is 536 g/mol. The molecular formula is C24H25ClN2O6S2. The molecule has 0 aliphatic carbocycles. The Hall–Kier alpha value is -3.08. The van der Waals surface area contributed by atoms with Crippen molar-refractivity contribution in [3.05, 3.63) is 83.4 Å². The highest BCUT2D eigenvalue weighted by molar-refractivity contribution is 7.93. The van der Waals surface area contributed by atoms with Crippen LogP contribution in [0.15, 0.2) is 82.6 Å². The molecule has 0 unspecified atom stereocenters. The molecule has 35 heavy (non-hydrogen) atoms. The fourth-order valence-corrected chi connectivity index (χ4v) is 5.55. The van der Waals surface area contributed by atoms with Crippen molar-refractivity contribution in [3.8, 4) is 5.75 Å². The van der Waals surface area contributed by atoms with Gasteiger partial charge in [0.05, 0.1) is 28.6 Å². The number of ether oxygens (including phenoxy) is 1. The van der Waals surface area contributed by atoms with Gasteiger partial charge in [-0.2, -0.15) is 0 Å². The Morgan fingerprint density at radius 3 is 2.11 bits per heavy atom. The standard InChI is InChI=1S/C24H25ClN2O6S2/c1-17(18-7-11-22(12-8-18)34(3,29)30)26-24(28)16-27(20-6-4-5-19(25)15-20)35(31,32)23-13-9-21(33-2)10-14-23/h4-15,17H,16H2,1-3H3,(H,26,28)/t17-/m1/s1. The molecule has 0 spiro atoms. The summed E-state index contributed by atoms with van der Waals surface area (Å²) in [4.78, 5) is 13.1. The fourth-order valence-electron chi connectivity index (χ4n) is 3.33. The molecule has 3 aromatic carbocycles. The van der Waals surface area contributed by atoms with E-state index in [9.17, 15) is 21.6 Å². The summed E-state index contributed by atoms with van der Waals surface area (Å²) in [6.07, 6.45) is 1.11. The molecule has 11 heteroatoms. The zero-order chi connectivity index (χ0) is 25.8. The van der Waals surface area contributed by atoms with Crippen LogP contribution >= 0.6 is 11.6 Å². The maximum absolute atomic E-state index is 13.5. The van der Waals surface area contributed by atoms with E-state index in [-0.39, 0.29) is 15.5 Å². The number of benzene rings is 3. The number of halogens is 1. The molecule has 3 aromatic rings. The molecule has 8 nitrogen and oxygen atoms in total. The number of nitrogens with zero attached hydrogens (tertiary/aromatic N) is 1. The summed E-state index contributed by atoms with van der Waals surface area (Å²) in [5.41, 5.74) is 0.895. The Kier molecular flexibility index (Phi) is 8.09. The molecule has 0 saturated carbocycles. The summed E-state index contributed by atoms with van der Waals surface area (Å²) in [6.45, 7) is 1.22. The normalized spacial score (nSPS) is 12.6. The number of nitrogens with one attached hydrogen (secondary N) is 1. The summed E-state index contributed by atoms with van der Waals surface area (Å²) in [6, 6.07) is 17.7. The lowest BCUT2D eigenvalue weighted by Crippen LogP contribution is -2.41. The van der Waals surface area contributed by atoms with Crippen LogP contribution in [0, 0.1) is 0 Å². The van der Waals surface area contributed by atoms with Crippen molar-refractivity contribution in [1.29, 1.82) is 0 Å². The Morgan fingerprint density at radius 1 is 0.971 bits per heavy atom. The first-order valence-electron chi connectivity index (χ1n) is 10.4. The summed E-state index contributed by atoms with van der Waals surface area (Å²) in [5.74, 6) is -0.0616. The lowest BCUT2D eigenvalue weighted by atomic mass is 10.1. The van der Waals surface area contributed by atoms with Crippen LogP contribution < -0.4 is 14.4 Å². The van der Waals surface area contributed by atoms with Crippen molar-refractivity contribution in [1.82, 2.24) is 5.32 Å². The first-order chi connectivity index (χ1) is 16.4. The van der Waals surface area contributed by atoms with E-state index >= 15 is 0 Å². The number of amides is 1. The molecule has 1 amide bonds. The van der Waals surface area contributed by atoms with Crippen LogP contribution in [0.1, 0.15) is 18.5 Å². The first kappa shape index (κ1) is 26.5. The Morgan fingerprint density at radius 2 is 1.57 bits per heavy atom. The van der Waals surface area contributed by atoms with E-state index in [4.69, 9.17) is 16.3 Å². The topological polar surface area (TPSA) is 110 Å². The summed E-state index contributed by atoms with van der Waals surface area (Å²) in [5, 5.41) is 3.08. The predicted molar refractivity (Wildman–Crippen MR) is 135 cm³/mol. The second-order valence-electron chi connectivity index (χ2n) is 7.80. The molecular weight excluding hydrogens is 512 g/mol. The van der Waals surface area contributed by atoms with Gasteiger partial charge in [0.2, 0.25) is 5.91 Å². The molecule has 0 radical (unpaired) electrons. The van der Waals surface area contributed by atoms with Gasteiger partial charge < -0.3 is 10.1 Å². The highest BCUT2D eigenvalue weighted by Gasteiger charge is 2.28. The SMILES string of the molecule is COc1ccc(S(=O)(=O)N(CC(=O)N[C@H](C)c2ccc(S(C)(=O)=O)cc2)c2cccc(Cl)c2)cc1. The minimum absolute atomic E-state index is 0.0181. The van der Waals surface area contributed by atoms with Gasteiger partial charge in [-0.05, 0) is 67.1 Å². The van der Waals surface area contributed by atoms with Gasteiger partial charge in [0.1, 0.15) is 12.3 Å². The number of carbonyl (C=O) groups is 1. The summed E-state index contributed by atoms with van der Waals surface area (Å²) >= 11 is 6.09. The number of sulfone groups is 1. The number of carbonyl (C=O) groups excluding carboxylic acids is 1. The lowest BCUT2D eigenvalue weighted by Gasteiger charge is -2.25. The zero-order valence-corrected chi connectivity index (χ0v) is 21.7. The van der Waals surface area contributed by atoms with E-state index in [0.29, 0.717) is 16.3 Å². The number of anilines is 1. The molecule has 0 bridgehead atoms. The van der Waals surface area contributed by atoms with Crippen molar-refractivity contribution in [3.63, 3.8) is 0 Å². The van der Waals surface area contributed by atoms with Crippen molar-refractivity contribution >= 4 is 43.1 Å². The molecule has 1 atom stereocenters. The third kappa shape index (κ3) is 6.53. The molecule has 1 N–H and O–H groups in total. The van der Waals surface area contributed by atoms with Crippen LogP contribution in [0.4, 0.5) is 5.69 Å². The van der Waals surface area contributed by atoms with Gasteiger partial charge >= 0.3 is 0 Å². The van der Waals surface area contributed by atoms with Crippen LogP contribution in [0.25, 0.3) is 0 Å². The number of rotatable bonds is 9. The van der Waals surface area contributed by atoms with Gasteiger partial charge in [-0.25, -0.2) is 16.8 Å². The third-order valence-electron chi connectivity index (χ3n) is 5.22. The highest BCUT2D eigenvalue weighted by atomic mass is 35.5. The molecule has 3 rings (SSSR count).